The van der Waals surface area contributed by atoms with Gasteiger partial charge in [-0.05, 0) is 24.6 Å². The van der Waals surface area contributed by atoms with Gasteiger partial charge in [0.1, 0.15) is 0 Å². The Labute approximate surface area is 92.0 Å². The average molecular weight is 252 g/mol. The minimum Gasteiger partial charge on any atom is -0.224 e. The van der Waals surface area contributed by atoms with Crippen molar-refractivity contribution >= 4 is 9.84 Å². The van der Waals surface area contributed by atoms with Crippen LogP contribution < -0.4 is 0 Å². The van der Waals surface area contributed by atoms with Crippen molar-refractivity contribution in [3.8, 4) is 0 Å². The first-order valence-corrected chi connectivity index (χ1v) is 6.32. The second-order valence-corrected chi connectivity index (χ2v) is 5.45. The van der Waals surface area contributed by atoms with Crippen molar-refractivity contribution in [1.29, 1.82) is 0 Å². The summed E-state index contributed by atoms with van der Waals surface area (Å²) in [7, 11) is -3.59. The van der Waals surface area contributed by atoms with Crippen molar-refractivity contribution in [2.75, 3.05) is 5.75 Å². The summed E-state index contributed by atoms with van der Waals surface area (Å²) in [4.78, 5) is -0.274. The van der Waals surface area contributed by atoms with Crippen molar-refractivity contribution in [1.82, 2.24) is 0 Å². The summed E-state index contributed by atoms with van der Waals surface area (Å²) in [5, 5.41) is 0. The maximum Gasteiger partial charge on any atom is 0.416 e. The molecule has 1 rings (SSSR count). The van der Waals surface area contributed by atoms with Gasteiger partial charge in [-0.3, -0.25) is 0 Å². The number of halogens is 3. The minimum absolute atomic E-state index is 0.145. The number of hydrogen-bond acceptors (Lipinski definition) is 2. The van der Waals surface area contributed by atoms with E-state index in [1.54, 1.807) is 6.92 Å². The molecule has 0 atom stereocenters. The topological polar surface area (TPSA) is 34.1 Å². The first-order valence-electron chi connectivity index (χ1n) is 4.67. The molecule has 0 saturated carbocycles. The van der Waals surface area contributed by atoms with E-state index in [1.165, 1.54) is 6.07 Å². The highest BCUT2D eigenvalue weighted by molar-refractivity contribution is 7.91. The molecule has 90 valence electrons. The molecule has 0 bridgehead atoms. The third kappa shape index (κ3) is 2.98. The molecule has 0 aromatic heterocycles. The Hall–Kier alpha value is -1.04. The largest absolute Gasteiger partial charge is 0.416 e. The quantitative estimate of drug-likeness (QED) is 0.829. The lowest BCUT2D eigenvalue weighted by atomic mass is 10.2. The molecule has 16 heavy (non-hydrogen) atoms. The zero-order valence-corrected chi connectivity index (χ0v) is 9.40. The van der Waals surface area contributed by atoms with Crippen molar-refractivity contribution < 1.29 is 21.6 Å². The number of hydrogen-bond donors (Lipinski definition) is 0. The van der Waals surface area contributed by atoms with Crippen molar-refractivity contribution in [3.63, 3.8) is 0 Å². The van der Waals surface area contributed by atoms with Gasteiger partial charge in [0.15, 0.2) is 9.84 Å². The van der Waals surface area contributed by atoms with Crippen molar-refractivity contribution in [2.45, 2.75) is 24.4 Å². The Kier molecular flexibility index (Phi) is 3.62. The molecule has 0 N–H and O–H groups in total. The van der Waals surface area contributed by atoms with E-state index >= 15 is 0 Å². The Bertz CT molecular complexity index is 463. The summed E-state index contributed by atoms with van der Waals surface area (Å²) < 4.78 is 60.1. The second kappa shape index (κ2) is 4.45. The molecule has 2 nitrogen and oxygen atoms in total. The van der Waals surface area contributed by atoms with Crippen LogP contribution in [0.4, 0.5) is 13.2 Å². The number of benzene rings is 1. The van der Waals surface area contributed by atoms with E-state index in [-0.39, 0.29) is 10.6 Å². The summed E-state index contributed by atoms with van der Waals surface area (Å²) in [5.74, 6) is -0.145. The Morgan fingerprint density at radius 2 is 1.88 bits per heavy atom. The van der Waals surface area contributed by atoms with Gasteiger partial charge in [-0.15, -0.1) is 0 Å². The van der Waals surface area contributed by atoms with Crippen LogP contribution in [0, 0.1) is 0 Å². The molecule has 0 fully saturated rings. The molecular weight excluding hydrogens is 241 g/mol. The number of alkyl halides is 3. The molecule has 0 aliphatic rings. The molecule has 0 radical (unpaired) electrons. The Balaban J connectivity index is 3.19. The van der Waals surface area contributed by atoms with Gasteiger partial charge in [0.05, 0.1) is 16.2 Å². The molecule has 0 saturated heterocycles. The highest BCUT2D eigenvalue weighted by Crippen LogP contribution is 2.30. The average Bonchev–Trinajstić information content (AvgIpc) is 2.16. The van der Waals surface area contributed by atoms with Crippen LogP contribution in [0.15, 0.2) is 29.2 Å². The van der Waals surface area contributed by atoms with E-state index < -0.39 is 21.6 Å². The molecule has 0 unspecified atom stereocenters. The van der Waals surface area contributed by atoms with E-state index in [0.717, 1.165) is 12.1 Å². The number of rotatable bonds is 3. The predicted molar refractivity (Wildman–Crippen MR) is 53.8 cm³/mol. The molecule has 0 spiro atoms. The summed E-state index contributed by atoms with van der Waals surface area (Å²) in [5.41, 5.74) is -0.940. The van der Waals surface area contributed by atoms with Crippen molar-refractivity contribution in [3.05, 3.63) is 29.8 Å². The van der Waals surface area contributed by atoms with Crippen LogP contribution >= 0.6 is 0 Å². The maximum absolute atomic E-state index is 12.3. The van der Waals surface area contributed by atoms with Gasteiger partial charge in [0.25, 0.3) is 0 Å². The molecule has 0 aliphatic carbocycles. The van der Waals surface area contributed by atoms with Crippen LogP contribution in [-0.2, 0) is 16.0 Å². The van der Waals surface area contributed by atoms with Gasteiger partial charge in [-0.25, -0.2) is 8.42 Å². The molecule has 0 heterocycles. The third-order valence-electron chi connectivity index (χ3n) is 1.99. The first-order chi connectivity index (χ1) is 7.27. The molecule has 0 aliphatic heterocycles. The van der Waals surface area contributed by atoms with E-state index in [2.05, 4.69) is 0 Å². The predicted octanol–water partition coefficient (Wildman–Crippen LogP) is 2.89. The molecule has 0 amide bonds. The Morgan fingerprint density at radius 3 is 2.38 bits per heavy atom. The standard InChI is InChI=1S/C10H11F3O2S/c1-2-6-16(14,15)9-5-3-4-8(7-9)10(11,12)13/h3-5,7H,2,6H2,1H3. The smallest absolute Gasteiger partial charge is 0.224 e. The van der Waals surface area contributed by atoms with Crippen LogP contribution in [-0.4, -0.2) is 14.2 Å². The zero-order chi connectivity index (χ0) is 12.4. The van der Waals surface area contributed by atoms with Gasteiger partial charge in [0, 0.05) is 0 Å². The van der Waals surface area contributed by atoms with Crippen LogP contribution in [0.2, 0.25) is 0 Å². The monoisotopic (exact) mass is 252 g/mol. The van der Waals surface area contributed by atoms with Gasteiger partial charge in [0.2, 0.25) is 0 Å². The summed E-state index contributed by atoms with van der Waals surface area (Å²) in [6, 6.07) is 3.81. The lowest BCUT2D eigenvalue weighted by Gasteiger charge is -2.08. The van der Waals surface area contributed by atoms with Crippen LogP contribution in [0.5, 0.6) is 0 Å². The maximum atomic E-state index is 12.3. The second-order valence-electron chi connectivity index (χ2n) is 3.34. The van der Waals surface area contributed by atoms with Crippen molar-refractivity contribution in [2.24, 2.45) is 0 Å². The molecular formula is C10H11F3O2S. The minimum atomic E-state index is -4.52. The zero-order valence-electron chi connectivity index (χ0n) is 8.58. The number of sulfone groups is 1. The summed E-state index contributed by atoms with van der Waals surface area (Å²) in [6.45, 7) is 1.66. The van der Waals surface area contributed by atoms with Gasteiger partial charge in [-0.1, -0.05) is 13.0 Å². The van der Waals surface area contributed by atoms with Crippen LogP contribution in [0.25, 0.3) is 0 Å². The third-order valence-corrected chi connectivity index (χ3v) is 3.91. The highest BCUT2D eigenvalue weighted by Gasteiger charge is 2.31. The summed E-state index contributed by atoms with van der Waals surface area (Å²) in [6.07, 6.45) is -4.14. The van der Waals surface area contributed by atoms with E-state index in [4.69, 9.17) is 0 Å². The normalized spacial score (nSPS) is 12.8. The fraction of sp³-hybridized carbons (Fsp3) is 0.400. The lowest BCUT2D eigenvalue weighted by Crippen LogP contribution is -2.09. The van der Waals surface area contributed by atoms with Gasteiger partial charge < -0.3 is 0 Å². The fourth-order valence-corrected chi connectivity index (χ4v) is 2.62. The van der Waals surface area contributed by atoms with Crippen LogP contribution in [0.3, 0.4) is 0 Å². The van der Waals surface area contributed by atoms with Gasteiger partial charge >= 0.3 is 6.18 Å². The lowest BCUT2D eigenvalue weighted by molar-refractivity contribution is -0.137. The summed E-state index contributed by atoms with van der Waals surface area (Å²) >= 11 is 0. The van der Waals surface area contributed by atoms with Crippen LogP contribution in [0.1, 0.15) is 18.9 Å². The SMILES string of the molecule is CCCS(=O)(=O)c1cccc(C(F)(F)F)c1. The highest BCUT2D eigenvalue weighted by atomic mass is 32.2. The molecule has 1 aromatic carbocycles. The first kappa shape index (κ1) is 13.0. The molecule has 1 aromatic rings. The van der Waals surface area contributed by atoms with Gasteiger partial charge in [-0.2, -0.15) is 13.2 Å². The van der Waals surface area contributed by atoms with E-state index in [0.29, 0.717) is 12.5 Å². The van der Waals surface area contributed by atoms with E-state index in [1.807, 2.05) is 0 Å². The van der Waals surface area contributed by atoms with E-state index in [9.17, 15) is 21.6 Å². The fourth-order valence-electron chi connectivity index (χ4n) is 1.25. The molecule has 6 heteroatoms. The Morgan fingerprint density at radius 1 is 1.25 bits per heavy atom.